The van der Waals surface area contributed by atoms with E-state index in [1.807, 2.05) is 52.9 Å². The van der Waals surface area contributed by atoms with Gasteiger partial charge in [0.15, 0.2) is 11.6 Å². The SMILES string of the molecule is CN1CCC(COc2cnc(-c3cccc(Cn4nc(-c5cccc(C#N)c5)ccc4=O)c3)nc2)CC1.Cl.O.O=C(NC[C@H](O)CO)c1ccncc1Nc1ccc(I)cc1F. The van der Waals surface area contributed by atoms with Crippen LogP contribution < -0.4 is 20.9 Å². The second kappa shape index (κ2) is 23.9. The van der Waals surface area contributed by atoms with Gasteiger partial charge in [-0.05, 0) is 116 Å². The molecule has 18 heteroatoms. The number of hydrogen-bond donors (Lipinski definition) is 4. The first-order chi connectivity index (χ1) is 29.1. The van der Waals surface area contributed by atoms with E-state index in [1.165, 1.54) is 35.3 Å². The molecule has 1 aliphatic rings. The van der Waals surface area contributed by atoms with Crippen molar-refractivity contribution < 1.29 is 29.6 Å². The quantitative estimate of drug-likeness (QED) is 0.109. The highest BCUT2D eigenvalue weighted by Gasteiger charge is 2.18. The van der Waals surface area contributed by atoms with Gasteiger partial charge in [0.2, 0.25) is 0 Å². The molecule has 324 valence electrons. The molecule has 3 aromatic heterocycles. The van der Waals surface area contributed by atoms with Crippen LogP contribution in [-0.2, 0) is 6.54 Å². The molecule has 1 saturated heterocycles. The molecule has 1 fully saturated rings. The Morgan fingerprint density at radius 3 is 2.47 bits per heavy atom. The number of aromatic nitrogens is 5. The van der Waals surface area contributed by atoms with Crippen molar-refractivity contribution in [3.05, 3.63) is 146 Å². The van der Waals surface area contributed by atoms with E-state index in [9.17, 15) is 24.3 Å². The molecule has 0 radical (unpaired) electrons. The number of piperidine rings is 1. The predicted octanol–water partition coefficient (Wildman–Crippen LogP) is 5.26. The lowest BCUT2D eigenvalue weighted by molar-refractivity contribution is 0.0802. The van der Waals surface area contributed by atoms with Gasteiger partial charge in [0, 0.05) is 33.5 Å². The number of hydrogen-bond acceptors (Lipinski definition) is 12. The summed E-state index contributed by atoms with van der Waals surface area (Å²) in [5.41, 5.74) is 4.33. The van der Waals surface area contributed by atoms with Crippen LogP contribution in [0.3, 0.4) is 0 Å². The number of nitriles is 1. The number of aliphatic hydroxyl groups excluding tert-OH is 2. The Labute approximate surface area is 377 Å². The summed E-state index contributed by atoms with van der Waals surface area (Å²) in [5, 5.41) is 37.1. The molecule has 0 spiro atoms. The number of nitrogens with zero attached hydrogens (tertiary/aromatic N) is 7. The van der Waals surface area contributed by atoms with E-state index >= 15 is 0 Å². The van der Waals surface area contributed by atoms with E-state index in [-0.39, 0.29) is 41.2 Å². The lowest BCUT2D eigenvalue weighted by Gasteiger charge is -2.28. The Bertz CT molecular complexity index is 2500. The standard InChI is InChI=1S/C29H28N6O2.C15H15FIN3O3.ClH.H2O/c1-34-12-10-21(11-13-34)20-37-26-17-31-29(32-18-26)25-7-3-5-23(15-25)19-35-28(36)9-8-27(33-35)24-6-2-4-22(14-24)16-30;16-12-5-9(17)1-2-13(12)20-14-7-18-4-3-11(14)15(23)19-6-10(22)8-21;;/h2-9,14-15,17-18,21H,10-13,19-20H2,1H3;1-5,7,10,20-22H,6,8H2,(H,19,23);1H;1H2/t;10-;;/m.0../s1. The topological polar surface area (TPSA) is 223 Å². The molecule has 1 amide bonds. The lowest BCUT2D eigenvalue weighted by Crippen LogP contribution is -2.34. The van der Waals surface area contributed by atoms with Crippen LogP contribution >= 0.6 is 35.0 Å². The third-order valence-electron chi connectivity index (χ3n) is 9.60. The van der Waals surface area contributed by atoms with Gasteiger partial charge < -0.3 is 36.0 Å². The summed E-state index contributed by atoms with van der Waals surface area (Å²) >= 11 is 2.00. The largest absolute Gasteiger partial charge is 0.490 e. The number of likely N-dealkylation sites (tertiary alicyclic amines) is 1. The van der Waals surface area contributed by atoms with E-state index < -0.39 is 24.4 Å². The Kier molecular flexibility index (Phi) is 18.8. The molecule has 0 aliphatic carbocycles. The Morgan fingerprint density at radius 1 is 1.00 bits per heavy atom. The van der Waals surface area contributed by atoms with E-state index in [4.69, 9.17) is 9.84 Å². The molecule has 6 aromatic rings. The average molecular weight is 978 g/mol. The minimum absolute atomic E-state index is 0. The van der Waals surface area contributed by atoms with Crippen LogP contribution in [0, 0.1) is 26.6 Å². The molecule has 1 aliphatic heterocycles. The number of nitrogens with one attached hydrogen (secondary N) is 2. The second-order valence-electron chi connectivity index (χ2n) is 14.1. The van der Waals surface area contributed by atoms with Crippen molar-refractivity contribution in [1.29, 1.82) is 5.26 Å². The maximum Gasteiger partial charge on any atom is 0.267 e. The summed E-state index contributed by atoms with van der Waals surface area (Å²) in [6.45, 7) is 2.68. The van der Waals surface area contributed by atoms with Gasteiger partial charge in [0.25, 0.3) is 11.5 Å². The van der Waals surface area contributed by atoms with Crippen molar-refractivity contribution in [1.82, 2.24) is 34.9 Å². The summed E-state index contributed by atoms with van der Waals surface area (Å²) in [6, 6.07) is 26.4. The summed E-state index contributed by atoms with van der Waals surface area (Å²) < 4.78 is 22.0. The van der Waals surface area contributed by atoms with Crippen molar-refractivity contribution in [2.75, 3.05) is 45.2 Å². The first-order valence-corrected chi connectivity index (χ1v) is 20.2. The van der Waals surface area contributed by atoms with Crippen LogP contribution in [0.25, 0.3) is 22.6 Å². The molecule has 62 heavy (non-hydrogen) atoms. The highest BCUT2D eigenvalue weighted by Crippen LogP contribution is 2.25. The van der Waals surface area contributed by atoms with Gasteiger partial charge in [-0.3, -0.25) is 14.6 Å². The van der Waals surface area contributed by atoms with Gasteiger partial charge in [0.1, 0.15) is 5.82 Å². The number of rotatable bonds is 13. The summed E-state index contributed by atoms with van der Waals surface area (Å²) in [5.74, 6) is 0.928. The molecule has 7 rings (SSSR count). The first kappa shape index (κ1) is 48.8. The highest BCUT2D eigenvalue weighted by molar-refractivity contribution is 14.1. The maximum atomic E-state index is 13.9. The second-order valence-corrected chi connectivity index (χ2v) is 15.4. The molecule has 4 heterocycles. The highest BCUT2D eigenvalue weighted by atomic mass is 127. The molecule has 0 bridgehead atoms. The fraction of sp³-hybridized carbons (Fsp3) is 0.250. The maximum absolute atomic E-state index is 13.9. The fourth-order valence-corrected chi connectivity index (χ4v) is 6.68. The van der Waals surface area contributed by atoms with Crippen LogP contribution in [-0.4, -0.2) is 97.2 Å². The lowest BCUT2D eigenvalue weighted by atomic mass is 9.98. The van der Waals surface area contributed by atoms with E-state index in [0.717, 1.165) is 46.2 Å². The molecule has 15 nitrogen and oxygen atoms in total. The number of ether oxygens (including phenoxy) is 1. The number of halogens is 3. The molecule has 1 atom stereocenters. The van der Waals surface area contributed by atoms with Crippen LogP contribution in [0.4, 0.5) is 15.8 Å². The molecule has 0 unspecified atom stereocenters. The average Bonchev–Trinajstić information content (AvgIpc) is 3.27. The zero-order chi connectivity index (χ0) is 42.4. The fourth-order valence-electron chi connectivity index (χ4n) is 6.23. The molecular weight excluding hydrogens is 932 g/mol. The number of benzene rings is 3. The minimum Gasteiger partial charge on any atom is -0.490 e. The normalized spacial score (nSPS) is 12.9. The van der Waals surface area contributed by atoms with Crippen molar-refractivity contribution in [2.45, 2.75) is 25.5 Å². The zero-order valence-corrected chi connectivity index (χ0v) is 36.6. The van der Waals surface area contributed by atoms with Crippen LogP contribution in [0.1, 0.15) is 34.3 Å². The molecule has 0 saturated carbocycles. The van der Waals surface area contributed by atoms with Gasteiger partial charge in [-0.15, -0.1) is 12.4 Å². The van der Waals surface area contributed by atoms with E-state index in [0.29, 0.717) is 47.6 Å². The predicted molar refractivity (Wildman–Crippen MR) is 244 cm³/mol. The number of carbonyl (C=O) groups excluding carboxylic acids is 1. The third kappa shape index (κ3) is 13.8. The Balaban J connectivity index is 0.000000293. The van der Waals surface area contributed by atoms with Gasteiger partial charge in [-0.25, -0.2) is 19.0 Å². The first-order valence-electron chi connectivity index (χ1n) is 19.1. The summed E-state index contributed by atoms with van der Waals surface area (Å²) in [4.78, 5) is 40.0. The van der Waals surface area contributed by atoms with Crippen molar-refractivity contribution in [3.8, 4) is 34.5 Å². The van der Waals surface area contributed by atoms with Crippen molar-refractivity contribution in [2.24, 2.45) is 5.92 Å². The van der Waals surface area contributed by atoms with Gasteiger partial charge >= 0.3 is 0 Å². The van der Waals surface area contributed by atoms with Gasteiger partial charge in [-0.2, -0.15) is 10.4 Å². The molecular formula is C44H46ClFIN9O6. The Morgan fingerprint density at radius 2 is 1.74 bits per heavy atom. The number of pyridine rings is 1. The summed E-state index contributed by atoms with van der Waals surface area (Å²) in [7, 11) is 2.15. The molecule has 3 aromatic carbocycles. The van der Waals surface area contributed by atoms with Crippen LogP contribution in [0.2, 0.25) is 0 Å². The van der Waals surface area contributed by atoms with E-state index in [2.05, 4.69) is 48.7 Å². The number of amides is 1. The van der Waals surface area contributed by atoms with Crippen LogP contribution in [0.15, 0.2) is 115 Å². The van der Waals surface area contributed by atoms with E-state index in [1.54, 1.807) is 48.8 Å². The summed E-state index contributed by atoms with van der Waals surface area (Å²) in [6.07, 6.45) is 7.54. The minimum atomic E-state index is -1.04. The zero-order valence-electron chi connectivity index (χ0n) is 33.6. The number of carbonyl (C=O) groups is 1. The van der Waals surface area contributed by atoms with Crippen LogP contribution in [0.5, 0.6) is 5.75 Å². The Hall–Kier alpha value is -5.88. The van der Waals surface area contributed by atoms with Gasteiger partial charge in [0.05, 0.1) is 78.7 Å². The number of aliphatic hydroxyl groups is 2. The number of anilines is 2. The van der Waals surface area contributed by atoms with Gasteiger partial charge in [-0.1, -0.05) is 30.3 Å². The van der Waals surface area contributed by atoms with Crippen molar-refractivity contribution >= 4 is 52.3 Å². The molecule has 6 N–H and O–H groups in total. The van der Waals surface area contributed by atoms with Crippen molar-refractivity contribution in [3.63, 3.8) is 0 Å². The third-order valence-corrected chi connectivity index (χ3v) is 10.3. The smallest absolute Gasteiger partial charge is 0.267 e. The monoisotopic (exact) mass is 977 g/mol.